The first-order chi connectivity index (χ1) is 17.6. The summed E-state index contributed by atoms with van der Waals surface area (Å²) in [5, 5.41) is 0.438. The molecule has 1 heterocycles. The predicted octanol–water partition coefficient (Wildman–Crippen LogP) is 5.18. The van der Waals surface area contributed by atoms with Gasteiger partial charge in [-0.05, 0) is 53.3 Å². The topological polar surface area (TPSA) is 104 Å². The van der Waals surface area contributed by atoms with Crippen molar-refractivity contribution in [1.82, 2.24) is 14.1 Å². The maximum absolute atomic E-state index is 13.3. The van der Waals surface area contributed by atoms with E-state index >= 15 is 0 Å². The Labute approximate surface area is 241 Å². The smallest absolute Gasteiger partial charge is 0.419 e. The van der Waals surface area contributed by atoms with Gasteiger partial charge in [0, 0.05) is 34.8 Å². The van der Waals surface area contributed by atoms with E-state index in [4.69, 9.17) is 26.1 Å². The van der Waals surface area contributed by atoms with Crippen molar-refractivity contribution in [3.63, 3.8) is 0 Å². The number of guanidine groups is 1. The highest BCUT2D eigenvalue weighted by Gasteiger charge is 2.42. The largest absolute Gasteiger partial charge is 0.443 e. The van der Waals surface area contributed by atoms with Crippen LogP contribution >= 0.6 is 11.6 Å². The fraction of sp³-hybridized carbons (Fsp3) is 0.731. The first kappa shape index (κ1) is 35.1. The lowest BCUT2D eigenvalue weighted by molar-refractivity contribution is 0.00815. The Balaban J connectivity index is 3.40. The summed E-state index contributed by atoms with van der Waals surface area (Å²) in [5.74, 6) is -0.323. The maximum atomic E-state index is 13.3. The molecule has 0 saturated carbocycles. The molecule has 3 atom stereocenters. The molecular weight excluding hydrogens is 558 g/mol. The molecule has 39 heavy (non-hydrogen) atoms. The molecule has 2 unspecified atom stereocenters. The van der Waals surface area contributed by atoms with Crippen molar-refractivity contribution in [3.05, 3.63) is 23.5 Å². The minimum Gasteiger partial charge on any atom is -0.443 e. The van der Waals surface area contributed by atoms with Crippen molar-refractivity contribution in [2.45, 2.75) is 84.4 Å². The molecule has 1 aliphatic rings. The summed E-state index contributed by atoms with van der Waals surface area (Å²) in [6.07, 6.45) is 4.42. The molecule has 0 radical (unpaired) electrons. The van der Waals surface area contributed by atoms with Gasteiger partial charge in [0.2, 0.25) is 16.0 Å². The Morgan fingerprint density at radius 3 is 2.44 bits per heavy atom. The molecule has 0 N–H and O–H groups in total. The molecular formula is C26H48ClN5O5SSi. The number of nitrogens with zero attached hydrogens (tertiary/aromatic N) is 5. The van der Waals surface area contributed by atoms with Crippen LogP contribution in [-0.2, 0) is 19.5 Å². The number of rotatable bonds is 11. The molecule has 1 aliphatic heterocycles. The summed E-state index contributed by atoms with van der Waals surface area (Å²) < 4.78 is 39.0. The first-order valence-electron chi connectivity index (χ1n) is 13.0. The Morgan fingerprint density at radius 1 is 1.33 bits per heavy atom. The number of carbonyl (C=O) groups excluding carboxylic acids is 1. The summed E-state index contributed by atoms with van der Waals surface area (Å²) in [6, 6.07) is 0.864. The molecule has 0 aliphatic carbocycles. The van der Waals surface area contributed by atoms with Gasteiger partial charge in [-0.25, -0.2) is 27.4 Å². The second-order valence-corrected chi connectivity index (χ2v) is 20.5. The lowest BCUT2D eigenvalue weighted by Crippen LogP contribution is -2.56. The Hall–Kier alpha value is -1.89. The minimum absolute atomic E-state index is 0.0216. The second-order valence-electron chi connectivity index (χ2n) is 12.5. The molecule has 1 amide bonds. The highest BCUT2D eigenvalue weighted by atomic mass is 35.5. The van der Waals surface area contributed by atoms with Crippen molar-refractivity contribution in [2.75, 3.05) is 33.2 Å². The summed E-state index contributed by atoms with van der Waals surface area (Å²) in [7, 11) is -1.95. The molecule has 0 fully saturated rings. The fourth-order valence-corrected chi connectivity index (χ4v) is 5.98. The summed E-state index contributed by atoms with van der Waals surface area (Å²) in [4.78, 5) is 24.7. The van der Waals surface area contributed by atoms with Gasteiger partial charge in [0.1, 0.15) is 17.5 Å². The van der Waals surface area contributed by atoms with E-state index in [0.717, 1.165) is 15.2 Å². The van der Waals surface area contributed by atoms with Gasteiger partial charge < -0.3 is 14.4 Å². The van der Waals surface area contributed by atoms with Crippen molar-refractivity contribution >= 4 is 48.5 Å². The van der Waals surface area contributed by atoms with Crippen LogP contribution in [0.1, 0.15) is 41.5 Å². The van der Waals surface area contributed by atoms with Crippen LogP contribution < -0.4 is 0 Å². The molecule has 0 aromatic carbocycles. The molecule has 0 spiro atoms. The van der Waals surface area contributed by atoms with Crippen LogP contribution in [0, 0.1) is 5.92 Å². The minimum atomic E-state index is -3.81. The van der Waals surface area contributed by atoms with Crippen LogP contribution in [0.3, 0.4) is 0 Å². The van der Waals surface area contributed by atoms with E-state index in [1.165, 1.54) is 13.2 Å². The lowest BCUT2D eigenvalue weighted by atomic mass is 9.97. The van der Waals surface area contributed by atoms with Gasteiger partial charge >= 0.3 is 6.09 Å². The van der Waals surface area contributed by atoms with Crippen LogP contribution in [0.25, 0.3) is 0 Å². The molecule has 0 saturated heterocycles. The Kier molecular flexibility index (Phi) is 12.3. The van der Waals surface area contributed by atoms with Gasteiger partial charge in [0.15, 0.2) is 0 Å². The standard InChI is InChI=1S/C26H48ClN5O5SSi/c1-20(21(2)30(8)22(27)17-28-7)13-14-26(6)18-38(34,35)31(9)23(29-26)32(24(33)37-25(3,4)5)19-36-15-16-39(10,11)12/h13-14,17,20-21H,7,15-16,18-19H2,1-6,8-12H3/b14-13+,22-17-/t20?,21?,26-/m1/s1. The third-order valence-corrected chi connectivity index (χ3v) is 10.3. The van der Waals surface area contributed by atoms with Gasteiger partial charge in [0.25, 0.3) is 0 Å². The van der Waals surface area contributed by atoms with Gasteiger partial charge in [0.05, 0.1) is 17.5 Å². The average molecular weight is 606 g/mol. The highest BCUT2D eigenvalue weighted by Crippen LogP contribution is 2.27. The number of hydrogen-bond acceptors (Lipinski definition) is 8. The van der Waals surface area contributed by atoms with Crippen LogP contribution in [0.15, 0.2) is 33.5 Å². The van der Waals surface area contributed by atoms with Gasteiger partial charge in [-0.3, -0.25) is 4.99 Å². The van der Waals surface area contributed by atoms with E-state index in [0.29, 0.717) is 11.8 Å². The van der Waals surface area contributed by atoms with Crippen molar-refractivity contribution in [3.8, 4) is 0 Å². The molecule has 224 valence electrons. The van der Waals surface area contributed by atoms with Crippen molar-refractivity contribution in [1.29, 1.82) is 0 Å². The molecule has 1 rings (SSSR count). The van der Waals surface area contributed by atoms with E-state index in [1.807, 2.05) is 31.9 Å². The van der Waals surface area contributed by atoms with Crippen LogP contribution in [-0.4, -0.2) is 99.7 Å². The predicted molar refractivity (Wildman–Crippen MR) is 163 cm³/mol. The van der Waals surface area contributed by atoms with Gasteiger partial charge in [-0.15, -0.1) is 0 Å². The average Bonchev–Trinajstić information content (AvgIpc) is 2.77. The lowest BCUT2D eigenvalue weighted by Gasteiger charge is -2.38. The maximum Gasteiger partial charge on any atom is 0.419 e. The van der Waals surface area contributed by atoms with Gasteiger partial charge in [-0.2, -0.15) is 0 Å². The Bertz CT molecular complexity index is 1070. The van der Waals surface area contributed by atoms with E-state index in [-0.39, 0.29) is 30.4 Å². The fourth-order valence-electron chi connectivity index (χ4n) is 3.51. The molecule has 10 nitrogen and oxygen atoms in total. The SMILES string of the molecule is C=N/C=C(/Cl)N(C)C(C)C(C)/C=C/[C@]1(C)CS(=O)(=O)N(C)C(N(COCC[Si](C)(C)C)C(=O)OC(C)(C)C)=N1. The third kappa shape index (κ3) is 11.2. The van der Waals surface area contributed by atoms with E-state index in [1.54, 1.807) is 33.8 Å². The van der Waals surface area contributed by atoms with E-state index < -0.39 is 35.3 Å². The molecule has 0 aromatic rings. The summed E-state index contributed by atoms with van der Waals surface area (Å²) in [6.45, 7) is 21.3. The zero-order chi connectivity index (χ0) is 30.4. The highest BCUT2D eigenvalue weighted by molar-refractivity contribution is 7.89. The van der Waals surface area contributed by atoms with E-state index in [2.05, 4.69) is 31.4 Å². The van der Waals surface area contributed by atoms with Crippen LogP contribution in [0.5, 0.6) is 0 Å². The van der Waals surface area contributed by atoms with Crippen LogP contribution in [0.4, 0.5) is 4.79 Å². The normalized spacial score (nSPS) is 21.8. The Morgan fingerprint density at radius 2 is 1.92 bits per heavy atom. The monoisotopic (exact) mass is 605 g/mol. The quantitative estimate of drug-likeness (QED) is 0.0803. The number of aliphatic imine (C=N–C) groups is 2. The van der Waals surface area contributed by atoms with Crippen molar-refractivity contribution in [2.24, 2.45) is 15.9 Å². The van der Waals surface area contributed by atoms with E-state index in [9.17, 15) is 13.2 Å². The number of ether oxygens (including phenoxy) is 2. The third-order valence-electron chi connectivity index (χ3n) is 6.27. The zero-order valence-electron chi connectivity index (χ0n) is 25.5. The number of carbonyl (C=O) groups is 1. The molecule has 0 bridgehead atoms. The number of hydrogen-bond donors (Lipinski definition) is 0. The number of amides is 1. The number of sulfonamides is 1. The second kappa shape index (κ2) is 13.6. The zero-order valence-corrected chi connectivity index (χ0v) is 28.1. The summed E-state index contributed by atoms with van der Waals surface area (Å²) >= 11 is 6.27. The van der Waals surface area contributed by atoms with Crippen LogP contribution in [0.2, 0.25) is 25.7 Å². The molecule has 0 aromatic heterocycles. The summed E-state index contributed by atoms with van der Waals surface area (Å²) in [5.41, 5.74) is -1.92. The van der Waals surface area contributed by atoms with Gasteiger partial charge in [-0.1, -0.05) is 50.3 Å². The molecule has 13 heteroatoms. The van der Waals surface area contributed by atoms with Crippen molar-refractivity contribution < 1.29 is 22.7 Å². The number of halogens is 1. The first-order valence-corrected chi connectivity index (χ1v) is 18.7.